The van der Waals surface area contributed by atoms with Crippen molar-refractivity contribution in [2.45, 2.75) is 38.6 Å². The monoisotopic (exact) mass is 360 g/mol. The lowest BCUT2D eigenvalue weighted by Gasteiger charge is -2.15. The van der Waals surface area contributed by atoms with Gasteiger partial charge in [-0.05, 0) is 25.5 Å². The van der Waals surface area contributed by atoms with Gasteiger partial charge >= 0.3 is 0 Å². The number of aromatic nitrogens is 1. The molecule has 2 aromatic carbocycles. The van der Waals surface area contributed by atoms with Crippen LogP contribution in [0.2, 0.25) is 0 Å². The highest BCUT2D eigenvalue weighted by atomic mass is 16.1. The molecular formula is C23H24N2O2. The largest absolute Gasteiger partial charge is 0.330 e. The molecule has 0 atom stereocenters. The maximum absolute atomic E-state index is 13.2. The van der Waals surface area contributed by atoms with Crippen molar-refractivity contribution in [3.05, 3.63) is 70.0 Å². The molecule has 1 aliphatic carbocycles. The number of carbonyl (C=O) groups excluding carboxylic acids is 1. The number of rotatable bonds is 7. The van der Waals surface area contributed by atoms with Crippen molar-refractivity contribution in [1.29, 1.82) is 0 Å². The predicted molar refractivity (Wildman–Crippen MR) is 109 cm³/mol. The number of benzene rings is 2. The van der Waals surface area contributed by atoms with E-state index in [9.17, 15) is 9.59 Å². The fourth-order valence-electron chi connectivity index (χ4n) is 4.09. The van der Waals surface area contributed by atoms with Crippen LogP contribution in [-0.2, 0) is 6.54 Å². The molecule has 4 heteroatoms. The summed E-state index contributed by atoms with van der Waals surface area (Å²) in [6, 6.07) is 15.1. The Morgan fingerprint density at radius 2 is 1.37 bits per heavy atom. The number of pyridine rings is 1. The van der Waals surface area contributed by atoms with E-state index < -0.39 is 0 Å². The smallest absolute Gasteiger partial charge is 0.258 e. The Labute approximate surface area is 158 Å². The lowest BCUT2D eigenvalue weighted by atomic mass is 10.0. The number of nitrogens with zero attached hydrogens (tertiary/aromatic N) is 1. The van der Waals surface area contributed by atoms with Gasteiger partial charge in [-0.15, -0.1) is 0 Å². The summed E-state index contributed by atoms with van der Waals surface area (Å²) in [6.45, 7) is 1.37. The van der Waals surface area contributed by atoms with Crippen LogP contribution < -0.4 is 11.3 Å². The van der Waals surface area contributed by atoms with Gasteiger partial charge in [-0.3, -0.25) is 9.59 Å². The Balaban J connectivity index is 1.79. The third-order valence-corrected chi connectivity index (χ3v) is 5.42. The normalized spacial score (nSPS) is 12.4. The van der Waals surface area contributed by atoms with Gasteiger partial charge < -0.3 is 10.3 Å². The molecule has 0 saturated heterocycles. The van der Waals surface area contributed by atoms with Crippen LogP contribution in [0.25, 0.3) is 22.0 Å². The van der Waals surface area contributed by atoms with Crippen LogP contribution in [0.3, 0.4) is 0 Å². The van der Waals surface area contributed by atoms with Crippen molar-refractivity contribution >= 4 is 16.6 Å². The SMILES string of the molecule is NCCCCCCCn1c2c(c3ccccc3c1=O)C(=O)c1ccccc1-2. The van der Waals surface area contributed by atoms with E-state index in [0.717, 1.165) is 55.3 Å². The van der Waals surface area contributed by atoms with E-state index in [0.29, 0.717) is 23.1 Å². The Bertz CT molecular complexity index is 1070. The van der Waals surface area contributed by atoms with E-state index in [1.54, 1.807) is 0 Å². The van der Waals surface area contributed by atoms with E-state index in [2.05, 4.69) is 0 Å². The summed E-state index contributed by atoms with van der Waals surface area (Å²) in [6.07, 6.45) is 5.28. The third-order valence-electron chi connectivity index (χ3n) is 5.42. The zero-order valence-corrected chi connectivity index (χ0v) is 15.4. The average molecular weight is 360 g/mol. The minimum Gasteiger partial charge on any atom is -0.330 e. The third kappa shape index (κ3) is 3.00. The van der Waals surface area contributed by atoms with Crippen LogP contribution in [-0.4, -0.2) is 16.9 Å². The van der Waals surface area contributed by atoms with Crippen molar-refractivity contribution in [1.82, 2.24) is 4.57 Å². The predicted octanol–water partition coefficient (Wildman–Crippen LogP) is 4.12. The molecule has 4 nitrogen and oxygen atoms in total. The highest BCUT2D eigenvalue weighted by Gasteiger charge is 2.31. The zero-order valence-electron chi connectivity index (χ0n) is 15.4. The molecule has 0 spiro atoms. The molecule has 0 amide bonds. The number of fused-ring (bicyclic) bond motifs is 5. The highest BCUT2D eigenvalue weighted by Crippen LogP contribution is 2.39. The second kappa shape index (κ2) is 7.49. The van der Waals surface area contributed by atoms with Crippen molar-refractivity contribution in [3.8, 4) is 11.3 Å². The van der Waals surface area contributed by atoms with Crippen LogP contribution >= 0.6 is 0 Å². The molecule has 138 valence electrons. The number of hydrogen-bond acceptors (Lipinski definition) is 3. The first-order valence-corrected chi connectivity index (χ1v) is 9.73. The number of nitrogens with two attached hydrogens (primary N) is 1. The first-order valence-electron chi connectivity index (χ1n) is 9.73. The van der Waals surface area contributed by atoms with Crippen molar-refractivity contribution in [2.75, 3.05) is 6.54 Å². The first kappa shape index (κ1) is 17.7. The zero-order chi connectivity index (χ0) is 18.8. The van der Waals surface area contributed by atoms with Crippen LogP contribution in [0, 0.1) is 0 Å². The quantitative estimate of drug-likeness (QED) is 0.504. The van der Waals surface area contributed by atoms with Gasteiger partial charge in [0, 0.05) is 28.4 Å². The topological polar surface area (TPSA) is 65.1 Å². The van der Waals surface area contributed by atoms with Crippen LogP contribution in [0.15, 0.2) is 53.3 Å². The van der Waals surface area contributed by atoms with Gasteiger partial charge in [-0.1, -0.05) is 61.7 Å². The second-order valence-corrected chi connectivity index (χ2v) is 7.16. The van der Waals surface area contributed by atoms with E-state index in [1.807, 2.05) is 53.1 Å². The highest BCUT2D eigenvalue weighted by molar-refractivity contribution is 6.26. The number of hydrogen-bond donors (Lipinski definition) is 1. The van der Waals surface area contributed by atoms with Crippen molar-refractivity contribution < 1.29 is 4.79 Å². The minimum atomic E-state index is -0.00388. The van der Waals surface area contributed by atoms with Gasteiger partial charge in [0.1, 0.15) is 0 Å². The lowest BCUT2D eigenvalue weighted by Crippen LogP contribution is -2.23. The molecule has 3 aromatic rings. The van der Waals surface area contributed by atoms with Gasteiger partial charge in [0.05, 0.1) is 11.3 Å². The summed E-state index contributed by atoms with van der Waals surface area (Å²) < 4.78 is 1.82. The summed E-state index contributed by atoms with van der Waals surface area (Å²) in [5, 5.41) is 1.39. The second-order valence-electron chi connectivity index (χ2n) is 7.16. The van der Waals surface area contributed by atoms with Gasteiger partial charge in [0.25, 0.3) is 5.56 Å². The fraction of sp³-hybridized carbons (Fsp3) is 0.304. The summed E-state index contributed by atoms with van der Waals surface area (Å²) >= 11 is 0. The minimum absolute atomic E-state index is 0.00388. The maximum atomic E-state index is 13.2. The summed E-state index contributed by atoms with van der Waals surface area (Å²) in [5.74, 6) is 0.0218. The standard InChI is InChI=1S/C23H24N2O2/c24-14-8-2-1-3-9-15-25-21-17-11-5-6-12-18(17)22(26)20(21)16-10-4-7-13-19(16)23(25)27/h4-7,10-13H,1-3,8-9,14-15,24H2. The Kier molecular flexibility index (Phi) is 4.90. The summed E-state index contributed by atoms with van der Waals surface area (Å²) in [7, 11) is 0. The van der Waals surface area contributed by atoms with Crippen LogP contribution in [0.5, 0.6) is 0 Å². The van der Waals surface area contributed by atoms with Gasteiger partial charge in [-0.25, -0.2) is 0 Å². The Hall–Kier alpha value is -2.72. The van der Waals surface area contributed by atoms with Gasteiger partial charge in [-0.2, -0.15) is 0 Å². The number of unbranched alkanes of at least 4 members (excludes halogenated alkanes) is 4. The van der Waals surface area contributed by atoms with Crippen LogP contribution in [0.4, 0.5) is 0 Å². The molecular weight excluding hydrogens is 336 g/mol. The number of carbonyl (C=O) groups is 1. The van der Waals surface area contributed by atoms with E-state index in [4.69, 9.17) is 5.73 Å². The Morgan fingerprint density at radius 1 is 0.741 bits per heavy atom. The molecule has 4 rings (SSSR count). The molecule has 0 unspecified atom stereocenters. The Morgan fingerprint density at radius 3 is 2.15 bits per heavy atom. The average Bonchev–Trinajstić information content (AvgIpc) is 3.00. The number of ketones is 1. The molecule has 0 bridgehead atoms. The molecule has 0 saturated carbocycles. The molecule has 1 aromatic heterocycles. The molecule has 1 heterocycles. The van der Waals surface area contributed by atoms with Crippen LogP contribution in [0.1, 0.15) is 48.0 Å². The lowest BCUT2D eigenvalue weighted by molar-refractivity contribution is 0.104. The summed E-state index contributed by atoms with van der Waals surface area (Å²) in [4.78, 5) is 26.3. The van der Waals surface area contributed by atoms with Gasteiger partial charge in [0.15, 0.2) is 5.78 Å². The van der Waals surface area contributed by atoms with E-state index in [1.165, 1.54) is 0 Å². The summed E-state index contributed by atoms with van der Waals surface area (Å²) in [5.41, 5.74) is 8.59. The van der Waals surface area contributed by atoms with E-state index in [-0.39, 0.29) is 11.3 Å². The molecule has 2 N–H and O–H groups in total. The molecule has 27 heavy (non-hydrogen) atoms. The molecule has 0 aliphatic heterocycles. The molecule has 1 aliphatic rings. The van der Waals surface area contributed by atoms with Crippen molar-refractivity contribution in [2.24, 2.45) is 5.73 Å². The molecule has 0 radical (unpaired) electrons. The van der Waals surface area contributed by atoms with E-state index >= 15 is 0 Å². The first-order chi connectivity index (χ1) is 13.2. The maximum Gasteiger partial charge on any atom is 0.258 e. The van der Waals surface area contributed by atoms with Crippen molar-refractivity contribution in [3.63, 3.8) is 0 Å². The fourth-order valence-corrected chi connectivity index (χ4v) is 4.09. The molecule has 0 fully saturated rings. The van der Waals surface area contributed by atoms with Gasteiger partial charge in [0.2, 0.25) is 0 Å².